The van der Waals surface area contributed by atoms with Crippen LogP contribution in [-0.2, 0) is 14.3 Å². The van der Waals surface area contributed by atoms with Crippen molar-refractivity contribution in [1.82, 2.24) is 4.90 Å². The molecular formula is C25H25Cl2N3O4S. The second-order valence-electron chi connectivity index (χ2n) is 8.03. The molecule has 0 aromatic heterocycles. The third-order valence-electron chi connectivity index (χ3n) is 5.67. The van der Waals surface area contributed by atoms with Gasteiger partial charge in [-0.1, -0.05) is 47.1 Å². The molecule has 35 heavy (non-hydrogen) atoms. The Balaban J connectivity index is 1.58. The number of carbonyl (C=O) groups excluding carboxylic acids is 2. The number of anilines is 1. The molecule has 2 aliphatic rings. The Morgan fingerprint density at radius 3 is 2.63 bits per heavy atom. The van der Waals surface area contributed by atoms with E-state index >= 15 is 0 Å². The van der Waals surface area contributed by atoms with Crippen molar-refractivity contribution in [2.75, 3.05) is 37.9 Å². The van der Waals surface area contributed by atoms with Crippen LogP contribution in [0.1, 0.15) is 35.3 Å². The molecule has 2 aliphatic heterocycles. The van der Waals surface area contributed by atoms with Gasteiger partial charge >= 0.3 is 5.97 Å². The fraction of sp³-hybridized carbons (Fsp3) is 0.320. The highest BCUT2D eigenvalue weighted by atomic mass is 35.5. The second kappa shape index (κ2) is 11.5. The number of amidine groups is 1. The summed E-state index contributed by atoms with van der Waals surface area (Å²) in [6, 6.07) is 11.9. The predicted molar refractivity (Wildman–Crippen MR) is 140 cm³/mol. The van der Waals surface area contributed by atoms with Gasteiger partial charge in [-0.25, -0.2) is 9.79 Å². The summed E-state index contributed by atoms with van der Waals surface area (Å²) in [7, 11) is 1.56. The number of aliphatic imine (C=N–C) groups is 1. The Morgan fingerprint density at radius 2 is 1.91 bits per heavy atom. The molecule has 1 fully saturated rings. The zero-order valence-electron chi connectivity index (χ0n) is 19.3. The molecule has 0 saturated carbocycles. The summed E-state index contributed by atoms with van der Waals surface area (Å²) in [4.78, 5) is 32.5. The molecule has 1 saturated heterocycles. The summed E-state index contributed by atoms with van der Waals surface area (Å²) in [6.07, 6.45) is 0.989. The van der Waals surface area contributed by atoms with Gasteiger partial charge in [0.15, 0.2) is 5.17 Å². The number of ether oxygens (including phenoxy) is 2. The van der Waals surface area contributed by atoms with Gasteiger partial charge in [-0.2, -0.15) is 0 Å². The smallest absolute Gasteiger partial charge is 0.338 e. The number of hydrogen-bond acceptors (Lipinski definition) is 7. The number of hydrogen-bond donors (Lipinski definition) is 1. The molecular weight excluding hydrogens is 509 g/mol. The van der Waals surface area contributed by atoms with Crippen LogP contribution in [0.15, 0.2) is 58.7 Å². The highest BCUT2D eigenvalue weighted by molar-refractivity contribution is 8.13. The summed E-state index contributed by atoms with van der Waals surface area (Å²) < 4.78 is 10.5. The molecule has 4 rings (SSSR count). The number of halogens is 2. The Hall–Kier alpha value is -2.52. The summed E-state index contributed by atoms with van der Waals surface area (Å²) in [5, 5.41) is 4.48. The van der Waals surface area contributed by atoms with Gasteiger partial charge in [0.1, 0.15) is 6.61 Å². The molecule has 0 aliphatic carbocycles. The number of thioether (sulfide) groups is 1. The van der Waals surface area contributed by atoms with Gasteiger partial charge in [-0.15, -0.1) is 0 Å². The third kappa shape index (κ3) is 5.83. The fourth-order valence-electron chi connectivity index (χ4n) is 3.96. The van der Waals surface area contributed by atoms with Crippen LogP contribution in [0, 0.1) is 0 Å². The second-order valence-corrected chi connectivity index (χ2v) is 9.90. The number of allylic oxidation sites excluding steroid dienone is 1. The molecule has 10 heteroatoms. The number of fused-ring (bicyclic) bond motifs is 1. The zero-order valence-corrected chi connectivity index (χ0v) is 21.7. The molecule has 1 atom stereocenters. The summed E-state index contributed by atoms with van der Waals surface area (Å²) >= 11 is 13.7. The maximum absolute atomic E-state index is 13.0. The van der Waals surface area contributed by atoms with Crippen molar-refractivity contribution in [3.05, 3.63) is 74.9 Å². The Morgan fingerprint density at radius 1 is 1.14 bits per heavy atom. The highest BCUT2D eigenvalue weighted by Gasteiger charge is 2.37. The molecule has 2 aromatic rings. The number of carbonyl (C=O) groups is 2. The average Bonchev–Trinajstić information content (AvgIpc) is 2.85. The number of benzene rings is 2. The van der Waals surface area contributed by atoms with Crippen molar-refractivity contribution in [2.24, 2.45) is 4.99 Å². The molecule has 0 spiro atoms. The quantitative estimate of drug-likeness (QED) is 0.370. The number of nitrogens with one attached hydrogen (secondary N) is 1. The first kappa shape index (κ1) is 25.6. The molecule has 1 N–H and O–H groups in total. The van der Waals surface area contributed by atoms with Gasteiger partial charge in [0, 0.05) is 30.7 Å². The van der Waals surface area contributed by atoms with Crippen molar-refractivity contribution in [2.45, 2.75) is 19.4 Å². The molecule has 2 heterocycles. The van der Waals surface area contributed by atoms with Crippen LogP contribution in [-0.4, -0.2) is 54.6 Å². The van der Waals surface area contributed by atoms with E-state index in [1.165, 1.54) is 6.07 Å². The topological polar surface area (TPSA) is 80.2 Å². The minimum atomic E-state index is -0.403. The van der Waals surface area contributed by atoms with Crippen molar-refractivity contribution in [3.63, 3.8) is 0 Å². The first-order valence-corrected chi connectivity index (χ1v) is 12.8. The SMILES string of the molecule is COCCOC(=O)C1=C(C)N=C2SCCCN2C1c1ccc(NC(=O)c2ccc(Cl)c(Cl)c2)cc1. The lowest BCUT2D eigenvalue weighted by Gasteiger charge is -2.40. The maximum Gasteiger partial charge on any atom is 0.338 e. The molecule has 2 aromatic carbocycles. The lowest BCUT2D eigenvalue weighted by molar-refractivity contribution is -0.141. The van der Waals surface area contributed by atoms with Gasteiger partial charge in [0.05, 0.1) is 34.0 Å². The van der Waals surface area contributed by atoms with Crippen molar-refractivity contribution in [1.29, 1.82) is 0 Å². The van der Waals surface area contributed by atoms with Crippen LogP contribution >= 0.6 is 35.0 Å². The molecule has 7 nitrogen and oxygen atoms in total. The van der Waals surface area contributed by atoms with Crippen LogP contribution in [0.2, 0.25) is 10.0 Å². The van der Waals surface area contributed by atoms with Crippen LogP contribution < -0.4 is 5.32 Å². The molecule has 1 amide bonds. The minimum absolute atomic E-state index is 0.170. The molecule has 0 radical (unpaired) electrons. The standard InChI is InChI=1S/C25H25Cl2N3O4S/c1-15-21(24(32)34-12-11-33-2)22(30-10-3-13-35-25(30)28-15)16-4-7-18(8-5-16)29-23(31)17-6-9-19(26)20(27)14-17/h4-9,14,22H,3,10-13H2,1-2H3,(H,29,31). The van der Waals surface area contributed by atoms with Gasteiger partial charge < -0.3 is 19.7 Å². The van der Waals surface area contributed by atoms with E-state index in [9.17, 15) is 9.59 Å². The summed E-state index contributed by atoms with van der Waals surface area (Å²) in [5.74, 6) is 0.289. The van der Waals surface area contributed by atoms with Crippen molar-refractivity contribution < 1.29 is 19.1 Å². The largest absolute Gasteiger partial charge is 0.460 e. The number of nitrogens with zero attached hydrogens (tertiary/aromatic N) is 2. The molecule has 0 bridgehead atoms. The van der Waals surface area contributed by atoms with Gasteiger partial charge in [-0.3, -0.25) is 4.79 Å². The van der Waals surface area contributed by atoms with Crippen molar-refractivity contribution in [3.8, 4) is 0 Å². The van der Waals surface area contributed by atoms with E-state index in [0.717, 1.165) is 29.4 Å². The van der Waals surface area contributed by atoms with Crippen LogP contribution in [0.3, 0.4) is 0 Å². The van der Waals surface area contributed by atoms with Gasteiger partial charge in [0.2, 0.25) is 0 Å². The number of rotatable bonds is 7. The third-order valence-corrected chi connectivity index (χ3v) is 7.48. The Bertz CT molecular complexity index is 1180. The first-order chi connectivity index (χ1) is 16.9. The van der Waals surface area contributed by atoms with E-state index in [1.807, 2.05) is 31.2 Å². The summed E-state index contributed by atoms with van der Waals surface area (Å²) in [6.45, 7) is 3.12. The average molecular weight is 534 g/mol. The normalized spacial score (nSPS) is 17.5. The highest BCUT2D eigenvalue weighted by Crippen LogP contribution is 2.40. The molecule has 1 unspecified atom stereocenters. The maximum atomic E-state index is 13.0. The van der Waals surface area contributed by atoms with E-state index in [-0.39, 0.29) is 18.6 Å². The van der Waals surface area contributed by atoms with Crippen molar-refractivity contribution >= 4 is 57.7 Å². The Labute approximate surface area is 218 Å². The first-order valence-electron chi connectivity index (χ1n) is 11.1. The summed E-state index contributed by atoms with van der Waals surface area (Å²) in [5.41, 5.74) is 3.09. The van der Waals surface area contributed by atoms with Crippen LogP contribution in [0.25, 0.3) is 0 Å². The monoisotopic (exact) mass is 533 g/mol. The van der Waals surface area contributed by atoms with Gasteiger partial charge in [-0.05, 0) is 49.2 Å². The lowest BCUT2D eigenvalue weighted by atomic mass is 9.94. The fourth-order valence-corrected chi connectivity index (χ4v) is 5.28. The van der Waals surface area contributed by atoms with E-state index < -0.39 is 5.97 Å². The van der Waals surface area contributed by atoms with E-state index in [4.69, 9.17) is 37.7 Å². The van der Waals surface area contributed by atoms with E-state index in [0.29, 0.717) is 39.2 Å². The molecule has 184 valence electrons. The minimum Gasteiger partial charge on any atom is -0.460 e. The number of methoxy groups -OCH3 is 1. The number of amides is 1. The van der Waals surface area contributed by atoms with E-state index in [1.54, 1.807) is 31.0 Å². The van der Waals surface area contributed by atoms with Gasteiger partial charge in [0.25, 0.3) is 5.91 Å². The van der Waals surface area contributed by atoms with Crippen LogP contribution in [0.5, 0.6) is 0 Å². The lowest BCUT2D eigenvalue weighted by Crippen LogP contribution is -2.42. The zero-order chi connectivity index (χ0) is 24.9. The number of esters is 1. The predicted octanol–water partition coefficient (Wildman–Crippen LogP) is 5.56. The van der Waals surface area contributed by atoms with E-state index in [2.05, 4.69) is 10.2 Å². The van der Waals surface area contributed by atoms with Crippen LogP contribution in [0.4, 0.5) is 5.69 Å². The Kier molecular flexibility index (Phi) is 8.38.